The van der Waals surface area contributed by atoms with Crippen LogP contribution in [0.5, 0.6) is 0 Å². The normalized spacial score (nSPS) is 17.4. The molecule has 1 aromatic rings. The van der Waals surface area contributed by atoms with Crippen molar-refractivity contribution in [3.05, 3.63) is 29.3 Å². The molecule has 0 bridgehead atoms. The molecule has 1 aliphatic heterocycles. The third-order valence-corrected chi connectivity index (χ3v) is 4.09. The van der Waals surface area contributed by atoms with Crippen LogP contribution in [0.15, 0.2) is 18.2 Å². The second kappa shape index (κ2) is 5.25. The van der Waals surface area contributed by atoms with Gasteiger partial charge in [-0.2, -0.15) is 0 Å². The third kappa shape index (κ3) is 2.29. The number of carbonyl (C=O) groups is 2. The fourth-order valence-corrected chi connectivity index (χ4v) is 2.78. The van der Waals surface area contributed by atoms with Gasteiger partial charge >= 0.3 is 0 Å². The number of anilines is 1. The van der Waals surface area contributed by atoms with Crippen LogP contribution in [0.1, 0.15) is 35.2 Å². The van der Waals surface area contributed by atoms with E-state index >= 15 is 0 Å². The van der Waals surface area contributed by atoms with E-state index in [1.165, 1.54) is 0 Å². The number of nitrogens with one attached hydrogen (secondary N) is 1. The second-order valence-corrected chi connectivity index (χ2v) is 5.40. The van der Waals surface area contributed by atoms with Gasteiger partial charge in [-0.05, 0) is 43.0 Å². The fourth-order valence-electron chi connectivity index (χ4n) is 2.78. The second-order valence-electron chi connectivity index (χ2n) is 5.40. The highest BCUT2D eigenvalue weighted by molar-refractivity contribution is 6.01. The summed E-state index contributed by atoms with van der Waals surface area (Å²) in [6.45, 7) is 0.352. The average molecular weight is 274 g/mol. The van der Waals surface area contributed by atoms with Gasteiger partial charge in [0.1, 0.15) is 0 Å². The van der Waals surface area contributed by atoms with Crippen molar-refractivity contribution < 1.29 is 14.7 Å². The molecule has 0 unspecified atom stereocenters. The van der Waals surface area contributed by atoms with Crippen LogP contribution in [-0.2, 0) is 11.2 Å². The van der Waals surface area contributed by atoms with E-state index < -0.39 is 0 Å². The van der Waals surface area contributed by atoms with Gasteiger partial charge in [0.05, 0.1) is 13.0 Å². The zero-order valence-electron chi connectivity index (χ0n) is 11.3. The average Bonchev–Trinajstić information content (AvgIpc) is 2.74. The van der Waals surface area contributed by atoms with E-state index in [0.717, 1.165) is 30.5 Å². The third-order valence-electron chi connectivity index (χ3n) is 4.09. The zero-order chi connectivity index (χ0) is 14.1. The van der Waals surface area contributed by atoms with Gasteiger partial charge in [0.15, 0.2) is 0 Å². The van der Waals surface area contributed by atoms with Crippen molar-refractivity contribution in [1.29, 1.82) is 0 Å². The number of benzene rings is 1. The summed E-state index contributed by atoms with van der Waals surface area (Å²) in [6.07, 6.45) is 3.50. The first-order valence-electron chi connectivity index (χ1n) is 7.03. The van der Waals surface area contributed by atoms with Gasteiger partial charge in [-0.3, -0.25) is 9.59 Å². The molecule has 1 saturated carbocycles. The van der Waals surface area contributed by atoms with E-state index in [0.29, 0.717) is 18.5 Å². The van der Waals surface area contributed by atoms with E-state index in [-0.39, 0.29) is 24.5 Å². The SMILES string of the molecule is O=C1Cc2cc(C(=O)N(CCO)C3CCC3)ccc2N1. The summed E-state index contributed by atoms with van der Waals surface area (Å²) < 4.78 is 0. The lowest BCUT2D eigenvalue weighted by Crippen LogP contribution is -2.45. The van der Waals surface area contributed by atoms with Crippen molar-refractivity contribution in [1.82, 2.24) is 4.90 Å². The summed E-state index contributed by atoms with van der Waals surface area (Å²) >= 11 is 0. The lowest BCUT2D eigenvalue weighted by Gasteiger charge is -2.37. The van der Waals surface area contributed by atoms with Crippen LogP contribution < -0.4 is 5.32 Å². The van der Waals surface area contributed by atoms with Gasteiger partial charge in [0.25, 0.3) is 5.91 Å². The molecule has 0 atom stereocenters. The predicted molar refractivity (Wildman–Crippen MR) is 74.5 cm³/mol. The Hall–Kier alpha value is -1.88. The number of hydrogen-bond acceptors (Lipinski definition) is 3. The number of aliphatic hydroxyl groups excluding tert-OH is 1. The Labute approximate surface area is 117 Å². The van der Waals surface area contributed by atoms with Crippen molar-refractivity contribution in [3.63, 3.8) is 0 Å². The minimum absolute atomic E-state index is 0.0206. The van der Waals surface area contributed by atoms with Gasteiger partial charge in [0, 0.05) is 23.8 Å². The molecule has 1 aromatic carbocycles. The molecule has 1 fully saturated rings. The van der Waals surface area contributed by atoms with Crippen LogP contribution >= 0.6 is 0 Å². The summed E-state index contributed by atoms with van der Waals surface area (Å²) in [5.41, 5.74) is 2.27. The molecular weight excluding hydrogens is 256 g/mol. The minimum atomic E-state index is -0.0501. The van der Waals surface area contributed by atoms with Crippen molar-refractivity contribution >= 4 is 17.5 Å². The van der Waals surface area contributed by atoms with Gasteiger partial charge in [-0.15, -0.1) is 0 Å². The number of rotatable bonds is 4. The molecule has 0 radical (unpaired) electrons. The number of carbonyl (C=O) groups excluding carboxylic acids is 2. The fraction of sp³-hybridized carbons (Fsp3) is 0.467. The standard InChI is InChI=1S/C15H18N2O3/c18-7-6-17(12-2-1-3-12)15(20)10-4-5-13-11(8-10)9-14(19)16-13/h4-5,8,12,18H,1-3,6-7,9H2,(H,16,19). The van der Waals surface area contributed by atoms with Crippen LogP contribution in [0.4, 0.5) is 5.69 Å². The molecule has 1 aliphatic carbocycles. The minimum Gasteiger partial charge on any atom is -0.395 e. The smallest absolute Gasteiger partial charge is 0.254 e. The van der Waals surface area contributed by atoms with Gasteiger partial charge in [-0.1, -0.05) is 0 Å². The molecule has 5 nitrogen and oxygen atoms in total. The van der Waals surface area contributed by atoms with Gasteiger partial charge < -0.3 is 15.3 Å². The largest absolute Gasteiger partial charge is 0.395 e. The number of fused-ring (bicyclic) bond motifs is 1. The van der Waals surface area contributed by atoms with Crippen molar-refractivity contribution in [2.45, 2.75) is 31.7 Å². The van der Waals surface area contributed by atoms with E-state index in [2.05, 4.69) is 5.32 Å². The van der Waals surface area contributed by atoms with Crippen molar-refractivity contribution in [3.8, 4) is 0 Å². The number of amides is 2. The van der Waals surface area contributed by atoms with Gasteiger partial charge in [0.2, 0.25) is 5.91 Å². The first-order chi connectivity index (χ1) is 9.69. The summed E-state index contributed by atoms with van der Waals surface area (Å²) in [5, 5.41) is 11.9. The van der Waals surface area contributed by atoms with E-state index in [4.69, 9.17) is 5.11 Å². The van der Waals surface area contributed by atoms with Crippen molar-refractivity contribution in [2.24, 2.45) is 0 Å². The molecular formula is C15H18N2O3. The highest BCUT2D eigenvalue weighted by Gasteiger charge is 2.29. The summed E-state index contributed by atoms with van der Waals surface area (Å²) in [7, 11) is 0. The van der Waals surface area contributed by atoms with E-state index in [9.17, 15) is 9.59 Å². The Balaban J connectivity index is 1.82. The molecule has 106 valence electrons. The Morgan fingerprint density at radius 1 is 1.40 bits per heavy atom. The molecule has 20 heavy (non-hydrogen) atoms. The Morgan fingerprint density at radius 2 is 2.20 bits per heavy atom. The molecule has 0 saturated heterocycles. The topological polar surface area (TPSA) is 69.6 Å². The van der Waals surface area contributed by atoms with Crippen molar-refractivity contribution in [2.75, 3.05) is 18.5 Å². The summed E-state index contributed by atoms with van der Waals surface area (Å²) in [5.74, 6) is -0.0818. The van der Waals surface area contributed by atoms with Crippen LogP contribution in [0.3, 0.4) is 0 Å². The molecule has 2 aliphatic rings. The van der Waals surface area contributed by atoms with Crippen LogP contribution in [0.2, 0.25) is 0 Å². The maximum Gasteiger partial charge on any atom is 0.254 e. The quantitative estimate of drug-likeness (QED) is 0.866. The predicted octanol–water partition coefficient (Wildman–Crippen LogP) is 1.17. The van der Waals surface area contributed by atoms with E-state index in [1.807, 2.05) is 0 Å². The van der Waals surface area contributed by atoms with Gasteiger partial charge in [-0.25, -0.2) is 0 Å². The lowest BCUT2D eigenvalue weighted by atomic mass is 9.91. The first-order valence-corrected chi connectivity index (χ1v) is 7.03. The summed E-state index contributed by atoms with van der Waals surface area (Å²) in [4.78, 5) is 25.7. The zero-order valence-corrected chi connectivity index (χ0v) is 11.3. The highest BCUT2D eigenvalue weighted by Crippen LogP contribution is 2.28. The van der Waals surface area contributed by atoms with Crippen LogP contribution in [0.25, 0.3) is 0 Å². The maximum atomic E-state index is 12.6. The van der Waals surface area contributed by atoms with E-state index in [1.54, 1.807) is 23.1 Å². The number of aliphatic hydroxyl groups is 1. The molecule has 2 N–H and O–H groups in total. The summed E-state index contributed by atoms with van der Waals surface area (Å²) in [6, 6.07) is 5.57. The Bertz CT molecular complexity index is 552. The monoisotopic (exact) mass is 274 g/mol. The molecule has 3 rings (SSSR count). The van der Waals surface area contributed by atoms with Crippen LogP contribution in [-0.4, -0.2) is 41.0 Å². The Kier molecular flexibility index (Phi) is 3.44. The Morgan fingerprint density at radius 3 is 2.85 bits per heavy atom. The van der Waals surface area contributed by atoms with Crippen LogP contribution in [0, 0.1) is 0 Å². The first kappa shape index (κ1) is 13.1. The highest BCUT2D eigenvalue weighted by atomic mass is 16.3. The molecule has 5 heteroatoms. The molecule has 0 spiro atoms. The molecule has 2 amide bonds. The molecule has 0 aromatic heterocycles. The lowest BCUT2D eigenvalue weighted by molar-refractivity contribution is -0.115. The maximum absolute atomic E-state index is 12.6. The number of nitrogens with zero attached hydrogens (tertiary/aromatic N) is 1. The number of hydrogen-bond donors (Lipinski definition) is 2. The molecule has 1 heterocycles.